The van der Waals surface area contributed by atoms with E-state index >= 15 is 0 Å². The van der Waals surface area contributed by atoms with E-state index in [1.807, 2.05) is 12.1 Å². The molecule has 1 N–H and O–H groups in total. The first-order valence-corrected chi connectivity index (χ1v) is 8.99. The van der Waals surface area contributed by atoms with Gasteiger partial charge in [-0.1, -0.05) is 6.07 Å². The number of nitrogens with one attached hydrogen (secondary N) is 1. The largest absolute Gasteiger partial charge is 0.493 e. The van der Waals surface area contributed by atoms with Gasteiger partial charge < -0.3 is 24.4 Å². The molecule has 1 fully saturated rings. The van der Waals surface area contributed by atoms with Crippen LogP contribution in [0.4, 0.5) is 0 Å². The molecule has 25 heavy (non-hydrogen) atoms. The number of rotatable bonds is 8. The standard InChI is InChI=1S/C17H24N2O5S/c1-11(16(21)18-7-8-22-2)19-15(20)10-25-17(19)12-5-6-13(23-3)14(9-12)24-4/h5-6,9,11,17H,7-8,10H2,1-4H3,(H,18,21). The molecule has 0 aromatic heterocycles. The van der Waals surface area contributed by atoms with Crippen LogP contribution in [0.5, 0.6) is 11.5 Å². The third-order valence-corrected chi connectivity index (χ3v) is 5.23. The Labute approximate surface area is 152 Å². The Morgan fingerprint density at radius 1 is 1.32 bits per heavy atom. The fourth-order valence-electron chi connectivity index (χ4n) is 2.67. The molecule has 0 radical (unpaired) electrons. The van der Waals surface area contributed by atoms with Gasteiger partial charge in [-0.25, -0.2) is 0 Å². The molecule has 0 bridgehead atoms. The average Bonchev–Trinajstić information content (AvgIpc) is 3.01. The summed E-state index contributed by atoms with van der Waals surface area (Å²) in [6, 6.07) is 4.97. The van der Waals surface area contributed by atoms with Gasteiger partial charge in [0.25, 0.3) is 0 Å². The molecule has 8 heteroatoms. The summed E-state index contributed by atoms with van der Waals surface area (Å²) >= 11 is 1.49. The number of ether oxygens (including phenoxy) is 3. The van der Waals surface area contributed by atoms with Crippen molar-refractivity contribution in [2.75, 3.05) is 40.2 Å². The van der Waals surface area contributed by atoms with Crippen molar-refractivity contribution in [2.45, 2.75) is 18.3 Å². The Kier molecular flexibility index (Phi) is 6.95. The van der Waals surface area contributed by atoms with Crippen molar-refractivity contribution in [3.63, 3.8) is 0 Å². The van der Waals surface area contributed by atoms with Crippen molar-refractivity contribution in [2.24, 2.45) is 0 Å². The summed E-state index contributed by atoms with van der Waals surface area (Å²) in [6.45, 7) is 2.58. The normalized spacial score (nSPS) is 18.2. The molecule has 1 heterocycles. The minimum absolute atomic E-state index is 0.0563. The lowest BCUT2D eigenvalue weighted by Crippen LogP contribution is -2.47. The Morgan fingerprint density at radius 3 is 2.68 bits per heavy atom. The maximum absolute atomic E-state index is 12.4. The van der Waals surface area contributed by atoms with Gasteiger partial charge in [0, 0.05) is 13.7 Å². The molecule has 2 unspecified atom stereocenters. The summed E-state index contributed by atoms with van der Waals surface area (Å²) in [6.07, 6.45) is 0. The van der Waals surface area contributed by atoms with Crippen LogP contribution >= 0.6 is 11.8 Å². The molecule has 1 aliphatic rings. The predicted molar refractivity (Wildman–Crippen MR) is 95.9 cm³/mol. The van der Waals surface area contributed by atoms with Crippen molar-refractivity contribution >= 4 is 23.6 Å². The number of hydrogen-bond acceptors (Lipinski definition) is 6. The second-order valence-electron chi connectivity index (χ2n) is 5.54. The van der Waals surface area contributed by atoms with E-state index in [4.69, 9.17) is 14.2 Å². The van der Waals surface area contributed by atoms with E-state index in [2.05, 4.69) is 5.32 Å². The van der Waals surface area contributed by atoms with Gasteiger partial charge in [-0.2, -0.15) is 0 Å². The fraction of sp³-hybridized carbons (Fsp3) is 0.529. The molecule has 138 valence electrons. The highest BCUT2D eigenvalue weighted by Crippen LogP contribution is 2.42. The maximum Gasteiger partial charge on any atom is 0.242 e. The molecule has 0 saturated carbocycles. The number of carbonyl (C=O) groups excluding carboxylic acids is 2. The van der Waals surface area contributed by atoms with E-state index < -0.39 is 6.04 Å². The molecule has 7 nitrogen and oxygen atoms in total. The van der Waals surface area contributed by atoms with E-state index in [1.54, 1.807) is 39.2 Å². The van der Waals surface area contributed by atoms with Crippen LogP contribution in [0.15, 0.2) is 18.2 Å². The summed E-state index contributed by atoms with van der Waals surface area (Å²) in [4.78, 5) is 26.3. The first kappa shape index (κ1) is 19.4. The molecular weight excluding hydrogens is 344 g/mol. The molecule has 1 saturated heterocycles. The van der Waals surface area contributed by atoms with Crippen molar-refractivity contribution in [1.29, 1.82) is 0 Å². The second-order valence-corrected chi connectivity index (χ2v) is 6.61. The van der Waals surface area contributed by atoms with E-state index in [9.17, 15) is 9.59 Å². The topological polar surface area (TPSA) is 77.1 Å². The summed E-state index contributed by atoms with van der Waals surface area (Å²) < 4.78 is 15.5. The Bertz CT molecular complexity index is 625. The SMILES string of the molecule is COCCNC(=O)C(C)N1C(=O)CSC1c1ccc(OC)c(OC)c1. The number of benzene rings is 1. The zero-order chi connectivity index (χ0) is 18.4. The van der Waals surface area contributed by atoms with Gasteiger partial charge in [0.2, 0.25) is 11.8 Å². The van der Waals surface area contributed by atoms with Crippen molar-refractivity contribution in [3.05, 3.63) is 23.8 Å². The summed E-state index contributed by atoms with van der Waals surface area (Å²) in [5.41, 5.74) is 0.894. The smallest absolute Gasteiger partial charge is 0.242 e. The zero-order valence-corrected chi connectivity index (χ0v) is 15.7. The number of nitrogens with zero attached hydrogens (tertiary/aromatic N) is 1. The van der Waals surface area contributed by atoms with Crippen LogP contribution in [0.2, 0.25) is 0 Å². The van der Waals surface area contributed by atoms with E-state index in [-0.39, 0.29) is 17.2 Å². The molecule has 1 aromatic carbocycles. The highest BCUT2D eigenvalue weighted by Gasteiger charge is 2.38. The molecule has 0 spiro atoms. The Morgan fingerprint density at radius 2 is 2.04 bits per heavy atom. The van der Waals surface area contributed by atoms with Crippen molar-refractivity contribution in [1.82, 2.24) is 10.2 Å². The van der Waals surface area contributed by atoms with Crippen molar-refractivity contribution < 1.29 is 23.8 Å². The summed E-state index contributed by atoms with van der Waals surface area (Å²) in [5, 5.41) is 2.54. The van der Waals surface area contributed by atoms with Crippen LogP contribution in [0.1, 0.15) is 17.9 Å². The van der Waals surface area contributed by atoms with Crippen LogP contribution < -0.4 is 14.8 Å². The molecular formula is C17H24N2O5S. The zero-order valence-electron chi connectivity index (χ0n) is 14.9. The number of amides is 2. The monoisotopic (exact) mass is 368 g/mol. The van der Waals surface area contributed by atoms with Gasteiger partial charge in [-0.3, -0.25) is 9.59 Å². The third kappa shape index (κ3) is 4.38. The van der Waals surface area contributed by atoms with Gasteiger partial charge in [0.15, 0.2) is 11.5 Å². The number of hydrogen-bond donors (Lipinski definition) is 1. The summed E-state index contributed by atoms with van der Waals surface area (Å²) in [5.74, 6) is 1.31. The first-order chi connectivity index (χ1) is 12.0. The minimum Gasteiger partial charge on any atom is -0.493 e. The van der Waals surface area contributed by atoms with Crippen LogP contribution in [0, 0.1) is 0 Å². The average molecular weight is 368 g/mol. The van der Waals surface area contributed by atoms with Gasteiger partial charge in [-0.15, -0.1) is 11.8 Å². The lowest BCUT2D eigenvalue weighted by Gasteiger charge is -2.29. The molecule has 1 aromatic rings. The highest BCUT2D eigenvalue weighted by molar-refractivity contribution is 8.00. The number of carbonyl (C=O) groups is 2. The van der Waals surface area contributed by atoms with E-state index in [0.29, 0.717) is 30.4 Å². The van der Waals surface area contributed by atoms with Crippen LogP contribution in [-0.2, 0) is 14.3 Å². The van der Waals surface area contributed by atoms with Gasteiger partial charge in [0.05, 0.1) is 26.6 Å². The van der Waals surface area contributed by atoms with Gasteiger partial charge >= 0.3 is 0 Å². The van der Waals surface area contributed by atoms with Crippen LogP contribution in [0.25, 0.3) is 0 Å². The molecule has 2 rings (SSSR count). The molecule has 2 atom stereocenters. The molecule has 0 aliphatic carbocycles. The van der Waals surface area contributed by atoms with Gasteiger partial charge in [-0.05, 0) is 24.6 Å². The fourth-order valence-corrected chi connectivity index (χ4v) is 3.92. The Hall–Kier alpha value is -1.93. The third-order valence-electron chi connectivity index (χ3n) is 4.00. The number of thioether (sulfide) groups is 1. The number of methoxy groups -OCH3 is 3. The van der Waals surface area contributed by atoms with Gasteiger partial charge in [0.1, 0.15) is 11.4 Å². The quantitative estimate of drug-likeness (QED) is 0.700. The molecule has 1 aliphatic heterocycles. The second kappa shape index (κ2) is 8.96. The maximum atomic E-state index is 12.4. The lowest BCUT2D eigenvalue weighted by atomic mass is 10.1. The van der Waals surface area contributed by atoms with Crippen LogP contribution in [-0.4, -0.2) is 63.0 Å². The molecule has 2 amide bonds. The van der Waals surface area contributed by atoms with Crippen molar-refractivity contribution in [3.8, 4) is 11.5 Å². The Balaban J connectivity index is 2.19. The minimum atomic E-state index is -0.572. The first-order valence-electron chi connectivity index (χ1n) is 7.94. The predicted octanol–water partition coefficient (Wildman–Crippen LogP) is 1.43. The lowest BCUT2D eigenvalue weighted by molar-refractivity contribution is -0.137. The van der Waals surface area contributed by atoms with E-state index in [0.717, 1.165) is 5.56 Å². The summed E-state index contributed by atoms with van der Waals surface area (Å²) in [7, 11) is 4.71. The van der Waals surface area contributed by atoms with E-state index in [1.165, 1.54) is 11.8 Å². The highest BCUT2D eigenvalue weighted by atomic mass is 32.2. The van der Waals surface area contributed by atoms with Crippen LogP contribution in [0.3, 0.4) is 0 Å².